The first-order valence-corrected chi connectivity index (χ1v) is 13.3. The van der Waals surface area contributed by atoms with Crippen molar-refractivity contribution in [1.29, 1.82) is 5.26 Å². The zero-order valence-corrected chi connectivity index (χ0v) is 23.1. The Hall–Kier alpha value is -3.05. The molecule has 0 radical (unpaired) electrons. The number of hydrogen-bond donors (Lipinski definition) is 3. The number of nitrogens with zero attached hydrogens (tertiary/aromatic N) is 3. The van der Waals surface area contributed by atoms with Crippen molar-refractivity contribution in [2.45, 2.75) is 73.1 Å². The van der Waals surface area contributed by atoms with Crippen LogP contribution in [-0.2, 0) is 4.79 Å². The summed E-state index contributed by atoms with van der Waals surface area (Å²) in [7, 11) is 0. The fourth-order valence-electron chi connectivity index (χ4n) is 6.62. The Bertz CT molecular complexity index is 1130. The molecule has 37 heavy (non-hydrogen) atoms. The van der Waals surface area contributed by atoms with Gasteiger partial charge in [-0.15, -0.1) is 0 Å². The molecule has 2 fully saturated rings. The standard InChI is InChI=1S/C29H41N5O3/c1-17-12-22(9-8-20(17)13-30)37-26-28(4,5)25(29(26,6)7)33-24(36)23-14-31-27(32-19(23)3)34-11-10-21(16-35)18(2)15-34/h8-9,12,14,18-19,21,25-26,35H,10-11,15-16H2,1-7H3,(H,31,32)(H,33,36)/t18-,19?,21-,25?,26?/m1/s1. The minimum atomic E-state index is -0.297. The van der Waals surface area contributed by atoms with E-state index in [2.05, 4.69) is 56.2 Å². The van der Waals surface area contributed by atoms with Crippen LogP contribution in [0.4, 0.5) is 0 Å². The first-order chi connectivity index (χ1) is 17.4. The number of nitrogens with one attached hydrogen (secondary N) is 2. The van der Waals surface area contributed by atoms with Crippen molar-refractivity contribution in [1.82, 2.24) is 15.5 Å². The van der Waals surface area contributed by atoms with Crippen LogP contribution < -0.4 is 15.4 Å². The first-order valence-electron chi connectivity index (χ1n) is 13.3. The van der Waals surface area contributed by atoms with Crippen LogP contribution in [0.1, 0.15) is 59.1 Å². The number of rotatable bonds is 5. The van der Waals surface area contributed by atoms with E-state index in [0.717, 1.165) is 36.8 Å². The van der Waals surface area contributed by atoms with E-state index in [0.29, 0.717) is 23.0 Å². The zero-order chi connectivity index (χ0) is 27.1. The van der Waals surface area contributed by atoms with E-state index in [4.69, 9.17) is 9.73 Å². The van der Waals surface area contributed by atoms with Gasteiger partial charge >= 0.3 is 0 Å². The lowest BCUT2D eigenvalue weighted by Crippen LogP contribution is -2.75. The maximum atomic E-state index is 13.4. The zero-order valence-electron chi connectivity index (χ0n) is 23.1. The highest BCUT2D eigenvalue weighted by Gasteiger charge is 2.64. The van der Waals surface area contributed by atoms with Gasteiger partial charge in [0.15, 0.2) is 5.96 Å². The van der Waals surface area contributed by atoms with Gasteiger partial charge < -0.3 is 25.4 Å². The Morgan fingerprint density at radius 3 is 2.57 bits per heavy atom. The molecule has 4 rings (SSSR count). The van der Waals surface area contributed by atoms with E-state index in [-0.39, 0.29) is 41.5 Å². The highest BCUT2D eigenvalue weighted by Crippen LogP contribution is 2.55. The van der Waals surface area contributed by atoms with E-state index >= 15 is 0 Å². The molecule has 1 amide bonds. The Balaban J connectivity index is 1.40. The number of carbonyl (C=O) groups is 1. The van der Waals surface area contributed by atoms with Crippen molar-refractivity contribution >= 4 is 11.9 Å². The summed E-state index contributed by atoms with van der Waals surface area (Å²) in [6.07, 6.45) is 2.61. The molecule has 3 atom stereocenters. The molecule has 1 aliphatic carbocycles. The molecule has 8 heteroatoms. The Labute approximate surface area is 220 Å². The minimum absolute atomic E-state index is 0.0891. The first kappa shape index (κ1) is 27.0. The van der Waals surface area contributed by atoms with Gasteiger partial charge in [0.05, 0.1) is 23.2 Å². The van der Waals surface area contributed by atoms with Crippen molar-refractivity contribution in [3.8, 4) is 11.8 Å². The molecular weight excluding hydrogens is 466 g/mol. The van der Waals surface area contributed by atoms with Crippen LogP contribution in [0.5, 0.6) is 5.75 Å². The van der Waals surface area contributed by atoms with Gasteiger partial charge in [0, 0.05) is 42.8 Å². The highest BCUT2D eigenvalue weighted by atomic mass is 16.5. The van der Waals surface area contributed by atoms with Gasteiger partial charge in [0.25, 0.3) is 5.91 Å². The van der Waals surface area contributed by atoms with E-state index in [1.165, 1.54) is 0 Å². The molecule has 3 aliphatic rings. The summed E-state index contributed by atoms with van der Waals surface area (Å²) in [6, 6.07) is 7.37. The number of aryl methyl sites for hydroxylation is 1. The Morgan fingerprint density at radius 1 is 1.30 bits per heavy atom. The molecular formula is C29H41N5O3. The number of amides is 1. The molecule has 3 N–H and O–H groups in total. The average Bonchev–Trinajstić information content (AvgIpc) is 2.85. The number of likely N-dealkylation sites (tertiary alicyclic amines) is 1. The fourth-order valence-corrected chi connectivity index (χ4v) is 6.62. The fraction of sp³-hybridized carbons (Fsp3) is 0.621. The summed E-state index contributed by atoms with van der Waals surface area (Å²) < 4.78 is 6.41. The maximum Gasteiger partial charge on any atom is 0.251 e. The molecule has 1 unspecified atom stereocenters. The summed E-state index contributed by atoms with van der Waals surface area (Å²) in [5, 5.41) is 25.3. The third-order valence-corrected chi connectivity index (χ3v) is 8.69. The monoisotopic (exact) mass is 507 g/mol. The van der Waals surface area contributed by atoms with Crippen molar-refractivity contribution in [2.75, 3.05) is 19.7 Å². The molecule has 0 aromatic heterocycles. The molecule has 1 saturated heterocycles. The quantitative estimate of drug-likeness (QED) is 0.564. The summed E-state index contributed by atoms with van der Waals surface area (Å²) in [4.78, 5) is 20.4. The van der Waals surface area contributed by atoms with Crippen molar-refractivity contribution in [3.63, 3.8) is 0 Å². The number of ether oxygens (including phenoxy) is 1. The molecule has 200 valence electrons. The third-order valence-electron chi connectivity index (χ3n) is 8.69. The van der Waals surface area contributed by atoms with E-state index in [1.54, 1.807) is 12.3 Å². The maximum absolute atomic E-state index is 13.4. The van der Waals surface area contributed by atoms with Gasteiger partial charge in [-0.2, -0.15) is 5.26 Å². The van der Waals surface area contributed by atoms with E-state index in [9.17, 15) is 15.2 Å². The summed E-state index contributed by atoms with van der Waals surface area (Å²) >= 11 is 0. The molecule has 8 nitrogen and oxygen atoms in total. The number of guanidine groups is 1. The Kier molecular flexibility index (Phi) is 7.31. The van der Waals surface area contributed by atoms with Gasteiger partial charge in [-0.05, 0) is 55.9 Å². The van der Waals surface area contributed by atoms with E-state index in [1.807, 2.05) is 26.0 Å². The van der Waals surface area contributed by atoms with Gasteiger partial charge in [-0.3, -0.25) is 4.79 Å². The highest BCUT2D eigenvalue weighted by molar-refractivity contribution is 5.97. The molecule has 1 aromatic carbocycles. The van der Waals surface area contributed by atoms with E-state index < -0.39 is 0 Å². The van der Waals surface area contributed by atoms with Crippen LogP contribution in [0.3, 0.4) is 0 Å². The van der Waals surface area contributed by atoms with Crippen molar-refractivity contribution < 1.29 is 14.6 Å². The number of carbonyl (C=O) groups excluding carboxylic acids is 1. The summed E-state index contributed by atoms with van der Waals surface area (Å²) in [6.45, 7) is 16.4. The number of aliphatic imine (C=N–C) groups is 1. The summed E-state index contributed by atoms with van der Waals surface area (Å²) in [5.74, 6) is 2.13. The molecule has 0 bridgehead atoms. The van der Waals surface area contributed by atoms with Crippen LogP contribution in [0.2, 0.25) is 0 Å². The number of aliphatic hydroxyl groups is 1. The molecule has 1 saturated carbocycles. The molecule has 2 aliphatic heterocycles. The van der Waals surface area contributed by atoms with Crippen LogP contribution in [0.25, 0.3) is 0 Å². The normalized spacial score (nSPS) is 30.1. The number of benzene rings is 1. The van der Waals surface area contributed by atoms with Gasteiger partial charge in [0.2, 0.25) is 0 Å². The lowest BCUT2D eigenvalue weighted by atomic mass is 9.49. The number of hydrogen-bond acceptors (Lipinski definition) is 7. The number of aliphatic hydroxyl groups excluding tert-OH is 1. The average molecular weight is 508 g/mol. The van der Waals surface area contributed by atoms with Gasteiger partial charge in [-0.25, -0.2) is 4.99 Å². The van der Waals surface area contributed by atoms with Crippen LogP contribution in [0, 0.1) is 40.9 Å². The second-order valence-corrected chi connectivity index (χ2v) is 12.2. The van der Waals surface area contributed by atoms with Crippen LogP contribution in [0.15, 0.2) is 35.0 Å². The van der Waals surface area contributed by atoms with Gasteiger partial charge in [0.1, 0.15) is 11.9 Å². The topological polar surface area (TPSA) is 110 Å². The largest absolute Gasteiger partial charge is 0.489 e. The SMILES string of the molecule is Cc1cc(OC2C(C)(C)C(NC(=O)C3=CNC(N4CC[C@H](CO)[C@H](C)C4)=NC3C)C2(C)C)ccc1C#N. The predicted octanol–water partition coefficient (Wildman–Crippen LogP) is 3.35. The van der Waals surface area contributed by atoms with Crippen LogP contribution in [-0.4, -0.2) is 59.8 Å². The summed E-state index contributed by atoms with van der Waals surface area (Å²) in [5.41, 5.74) is 1.55. The lowest BCUT2D eigenvalue weighted by molar-refractivity contribution is -0.172. The van der Waals surface area contributed by atoms with Crippen molar-refractivity contribution in [3.05, 3.63) is 41.1 Å². The van der Waals surface area contributed by atoms with Crippen molar-refractivity contribution in [2.24, 2.45) is 27.7 Å². The number of piperidine rings is 1. The second kappa shape index (κ2) is 10.0. The van der Waals surface area contributed by atoms with Gasteiger partial charge in [-0.1, -0.05) is 34.6 Å². The molecule has 2 heterocycles. The third kappa shape index (κ3) is 4.94. The molecule has 0 spiro atoms. The number of nitriles is 1. The predicted molar refractivity (Wildman–Crippen MR) is 144 cm³/mol. The Morgan fingerprint density at radius 2 is 2.00 bits per heavy atom. The molecule has 1 aromatic rings. The lowest BCUT2D eigenvalue weighted by Gasteiger charge is -2.63. The minimum Gasteiger partial charge on any atom is -0.489 e. The second-order valence-electron chi connectivity index (χ2n) is 12.2. The van der Waals surface area contributed by atoms with Crippen LogP contribution >= 0.6 is 0 Å². The smallest absolute Gasteiger partial charge is 0.251 e.